The molecule has 2 aromatic carbocycles. The maximum Gasteiger partial charge on any atom is 0.318 e. The molecule has 2 aromatic rings. The quantitative estimate of drug-likeness (QED) is 0.640. The molecule has 8 heteroatoms. The number of nitro benzene ring substituents is 2. The SMILES string of the molecule is CCC(C(=O)O)(c1ccc([N+](=O)[O-])cc1)c1ccc([N+](=O)[O-])cc1. The van der Waals surface area contributed by atoms with Gasteiger partial charge in [0.15, 0.2) is 0 Å². The van der Waals surface area contributed by atoms with Crippen LogP contribution in [0.1, 0.15) is 24.5 Å². The Morgan fingerprint density at radius 1 is 0.917 bits per heavy atom. The van der Waals surface area contributed by atoms with Crippen molar-refractivity contribution >= 4 is 17.3 Å². The van der Waals surface area contributed by atoms with Crippen molar-refractivity contribution in [2.75, 3.05) is 0 Å². The minimum absolute atomic E-state index is 0.141. The molecule has 8 nitrogen and oxygen atoms in total. The molecule has 1 N–H and O–H groups in total. The smallest absolute Gasteiger partial charge is 0.318 e. The van der Waals surface area contributed by atoms with Crippen LogP contribution in [0, 0.1) is 20.2 Å². The summed E-state index contributed by atoms with van der Waals surface area (Å²) < 4.78 is 0. The van der Waals surface area contributed by atoms with Crippen LogP contribution >= 0.6 is 0 Å². The molecule has 0 saturated heterocycles. The minimum Gasteiger partial charge on any atom is -0.480 e. The molecule has 0 heterocycles. The van der Waals surface area contributed by atoms with Gasteiger partial charge in [-0.25, -0.2) is 0 Å². The van der Waals surface area contributed by atoms with Crippen LogP contribution < -0.4 is 0 Å². The molecule has 0 bridgehead atoms. The fourth-order valence-electron chi connectivity index (χ4n) is 2.71. The van der Waals surface area contributed by atoms with Gasteiger partial charge in [-0.15, -0.1) is 0 Å². The molecular formula is C16H14N2O6. The van der Waals surface area contributed by atoms with Crippen LogP contribution in [0.2, 0.25) is 0 Å². The van der Waals surface area contributed by atoms with Crippen molar-refractivity contribution in [3.8, 4) is 0 Å². The van der Waals surface area contributed by atoms with Crippen molar-refractivity contribution in [3.05, 3.63) is 79.9 Å². The average Bonchev–Trinajstić information content (AvgIpc) is 2.56. The number of non-ortho nitro benzene ring substituents is 2. The van der Waals surface area contributed by atoms with Crippen molar-refractivity contribution < 1.29 is 19.7 Å². The molecule has 124 valence electrons. The summed E-state index contributed by atoms with van der Waals surface area (Å²) in [7, 11) is 0. The highest BCUT2D eigenvalue weighted by atomic mass is 16.6. The van der Waals surface area contributed by atoms with E-state index in [9.17, 15) is 30.1 Å². The monoisotopic (exact) mass is 330 g/mol. The van der Waals surface area contributed by atoms with E-state index in [1.807, 2.05) is 0 Å². The van der Waals surface area contributed by atoms with E-state index in [0.717, 1.165) is 0 Å². The Hall–Kier alpha value is -3.29. The van der Waals surface area contributed by atoms with Gasteiger partial charge in [0.25, 0.3) is 11.4 Å². The van der Waals surface area contributed by atoms with Gasteiger partial charge >= 0.3 is 5.97 Å². The second kappa shape index (κ2) is 6.45. The maximum absolute atomic E-state index is 12.0. The van der Waals surface area contributed by atoms with Crippen molar-refractivity contribution in [2.24, 2.45) is 0 Å². The summed E-state index contributed by atoms with van der Waals surface area (Å²) in [6, 6.07) is 10.6. The van der Waals surface area contributed by atoms with Gasteiger partial charge in [0, 0.05) is 24.3 Å². The van der Waals surface area contributed by atoms with Crippen LogP contribution in [0.25, 0.3) is 0 Å². The Morgan fingerprint density at radius 2 is 1.25 bits per heavy atom. The molecule has 0 unspecified atom stereocenters. The zero-order valence-corrected chi connectivity index (χ0v) is 12.7. The lowest BCUT2D eigenvalue weighted by atomic mass is 9.72. The summed E-state index contributed by atoms with van der Waals surface area (Å²) in [4.78, 5) is 32.4. The Balaban J connectivity index is 2.59. The molecule has 0 amide bonds. The predicted molar refractivity (Wildman–Crippen MR) is 84.9 cm³/mol. The van der Waals surface area contributed by atoms with E-state index in [1.165, 1.54) is 48.5 Å². The van der Waals surface area contributed by atoms with Crippen LogP contribution in [0.15, 0.2) is 48.5 Å². The van der Waals surface area contributed by atoms with Gasteiger partial charge in [-0.3, -0.25) is 25.0 Å². The highest BCUT2D eigenvalue weighted by molar-refractivity contribution is 5.86. The van der Waals surface area contributed by atoms with Gasteiger partial charge < -0.3 is 5.11 Å². The molecule has 0 aliphatic carbocycles. The van der Waals surface area contributed by atoms with E-state index in [4.69, 9.17) is 0 Å². The first-order chi connectivity index (χ1) is 11.3. The minimum atomic E-state index is -1.44. The summed E-state index contributed by atoms with van der Waals surface area (Å²) >= 11 is 0. The summed E-state index contributed by atoms with van der Waals surface area (Å²) in [5, 5.41) is 31.3. The van der Waals surface area contributed by atoms with Gasteiger partial charge in [0.05, 0.1) is 9.85 Å². The highest BCUT2D eigenvalue weighted by Gasteiger charge is 2.41. The first-order valence-corrected chi connectivity index (χ1v) is 7.06. The van der Waals surface area contributed by atoms with Crippen molar-refractivity contribution in [3.63, 3.8) is 0 Å². The van der Waals surface area contributed by atoms with Crippen molar-refractivity contribution in [1.82, 2.24) is 0 Å². The number of benzene rings is 2. The first-order valence-electron chi connectivity index (χ1n) is 7.06. The van der Waals surface area contributed by atoms with Crippen LogP contribution in [0.5, 0.6) is 0 Å². The summed E-state index contributed by atoms with van der Waals surface area (Å²) in [5.41, 5.74) is -0.978. The zero-order chi connectivity index (χ0) is 17.9. The Morgan fingerprint density at radius 3 is 1.46 bits per heavy atom. The molecule has 2 rings (SSSR count). The molecule has 0 saturated carbocycles. The molecule has 24 heavy (non-hydrogen) atoms. The van der Waals surface area contributed by atoms with E-state index in [2.05, 4.69) is 0 Å². The fourth-order valence-corrected chi connectivity index (χ4v) is 2.71. The Kier molecular flexibility index (Phi) is 4.59. The second-order valence-corrected chi connectivity index (χ2v) is 5.17. The van der Waals surface area contributed by atoms with E-state index >= 15 is 0 Å². The number of hydrogen-bond acceptors (Lipinski definition) is 5. The maximum atomic E-state index is 12.0. The first kappa shape index (κ1) is 17.1. The third kappa shape index (κ3) is 2.81. The zero-order valence-electron chi connectivity index (χ0n) is 12.7. The molecule has 0 aliphatic rings. The predicted octanol–water partition coefficient (Wildman–Crippen LogP) is 3.28. The normalized spacial score (nSPS) is 11.0. The van der Waals surface area contributed by atoms with Gasteiger partial charge in [0.1, 0.15) is 5.41 Å². The molecule has 0 radical (unpaired) electrons. The topological polar surface area (TPSA) is 124 Å². The molecule has 0 aliphatic heterocycles. The fraction of sp³-hybridized carbons (Fsp3) is 0.188. The van der Waals surface area contributed by atoms with Gasteiger partial charge in [-0.05, 0) is 17.5 Å². The summed E-state index contributed by atoms with van der Waals surface area (Å²) in [6.45, 7) is 1.68. The van der Waals surface area contributed by atoms with Gasteiger partial charge in [-0.1, -0.05) is 31.2 Å². The van der Waals surface area contributed by atoms with Crippen LogP contribution in [0.4, 0.5) is 11.4 Å². The van der Waals surface area contributed by atoms with Crippen LogP contribution in [-0.4, -0.2) is 20.9 Å². The van der Waals surface area contributed by atoms with E-state index < -0.39 is 21.2 Å². The number of nitrogens with zero attached hydrogens (tertiary/aromatic N) is 2. The third-order valence-electron chi connectivity index (χ3n) is 4.04. The lowest BCUT2D eigenvalue weighted by molar-refractivity contribution is -0.385. The largest absolute Gasteiger partial charge is 0.480 e. The number of hydrogen-bond donors (Lipinski definition) is 1. The van der Waals surface area contributed by atoms with E-state index in [0.29, 0.717) is 11.1 Å². The number of carboxylic acids is 1. The summed E-state index contributed by atoms with van der Waals surface area (Å²) in [6.07, 6.45) is 0.179. The number of carboxylic acid groups (broad SMARTS) is 1. The molecular weight excluding hydrogens is 316 g/mol. The molecule has 0 fully saturated rings. The number of rotatable bonds is 6. The number of nitro groups is 2. The average molecular weight is 330 g/mol. The van der Waals surface area contributed by atoms with Crippen molar-refractivity contribution in [2.45, 2.75) is 18.8 Å². The number of carbonyl (C=O) groups is 1. The highest BCUT2D eigenvalue weighted by Crippen LogP contribution is 2.37. The van der Waals surface area contributed by atoms with E-state index in [-0.39, 0.29) is 17.8 Å². The van der Waals surface area contributed by atoms with Gasteiger partial charge in [0.2, 0.25) is 0 Å². The summed E-state index contributed by atoms with van der Waals surface area (Å²) in [5.74, 6) is -1.13. The molecule has 0 atom stereocenters. The van der Waals surface area contributed by atoms with Crippen molar-refractivity contribution in [1.29, 1.82) is 0 Å². The van der Waals surface area contributed by atoms with Crippen LogP contribution in [0.3, 0.4) is 0 Å². The second-order valence-electron chi connectivity index (χ2n) is 5.17. The van der Waals surface area contributed by atoms with Crippen LogP contribution in [-0.2, 0) is 10.2 Å². The lowest BCUT2D eigenvalue weighted by Crippen LogP contribution is -2.36. The van der Waals surface area contributed by atoms with E-state index in [1.54, 1.807) is 6.92 Å². The van der Waals surface area contributed by atoms with Gasteiger partial charge in [-0.2, -0.15) is 0 Å². The lowest BCUT2D eigenvalue weighted by Gasteiger charge is -2.29. The standard InChI is InChI=1S/C16H14N2O6/c1-2-16(15(19)20,11-3-7-13(8-4-11)17(21)22)12-5-9-14(10-6-12)18(23)24/h3-10H,2H2,1H3,(H,19,20). The Labute approximate surface area is 136 Å². The molecule has 0 spiro atoms. The Bertz CT molecular complexity index is 726. The third-order valence-corrected chi connectivity index (χ3v) is 4.04. The molecule has 0 aromatic heterocycles. The number of aliphatic carboxylic acids is 1.